The molecule has 0 bridgehead atoms. The SMILES string of the molecule is CN(C)CC(O)CNC1CCCc2sccc21. The third-order valence-corrected chi connectivity index (χ3v) is 4.22. The number of aliphatic hydroxyl groups excluding tert-OH is 1. The fraction of sp³-hybridized carbons (Fsp3) is 0.692. The number of fused-ring (bicyclic) bond motifs is 1. The van der Waals surface area contributed by atoms with Crippen LogP contribution in [0.1, 0.15) is 29.3 Å². The van der Waals surface area contributed by atoms with Crippen LogP contribution in [0.3, 0.4) is 0 Å². The van der Waals surface area contributed by atoms with E-state index < -0.39 is 0 Å². The van der Waals surface area contributed by atoms with Gasteiger partial charge in [-0.3, -0.25) is 0 Å². The van der Waals surface area contributed by atoms with Crippen LogP contribution in [-0.4, -0.2) is 43.3 Å². The van der Waals surface area contributed by atoms with Crippen LogP contribution in [-0.2, 0) is 6.42 Å². The highest BCUT2D eigenvalue weighted by atomic mass is 32.1. The Morgan fingerprint density at radius 1 is 1.59 bits per heavy atom. The van der Waals surface area contributed by atoms with Gasteiger partial charge in [0.05, 0.1) is 6.10 Å². The van der Waals surface area contributed by atoms with Crippen molar-refractivity contribution in [2.24, 2.45) is 0 Å². The number of aryl methyl sites for hydroxylation is 1. The van der Waals surface area contributed by atoms with Crippen LogP contribution in [0.25, 0.3) is 0 Å². The summed E-state index contributed by atoms with van der Waals surface area (Å²) in [5.41, 5.74) is 1.46. The van der Waals surface area contributed by atoms with Gasteiger partial charge in [0.25, 0.3) is 0 Å². The Labute approximate surface area is 107 Å². The molecule has 1 heterocycles. The fourth-order valence-corrected chi connectivity index (χ4v) is 3.45. The average molecular weight is 254 g/mol. The van der Waals surface area contributed by atoms with Crippen molar-refractivity contribution in [1.82, 2.24) is 10.2 Å². The Balaban J connectivity index is 1.85. The minimum atomic E-state index is -0.283. The normalized spacial score (nSPS) is 21.5. The lowest BCUT2D eigenvalue weighted by Gasteiger charge is -2.25. The molecule has 96 valence electrons. The molecule has 2 unspecified atom stereocenters. The molecule has 17 heavy (non-hydrogen) atoms. The van der Waals surface area contributed by atoms with Crippen LogP contribution in [0, 0.1) is 0 Å². The third kappa shape index (κ3) is 3.52. The van der Waals surface area contributed by atoms with Crippen molar-refractivity contribution in [3.63, 3.8) is 0 Å². The zero-order valence-electron chi connectivity index (χ0n) is 10.6. The summed E-state index contributed by atoms with van der Waals surface area (Å²) in [4.78, 5) is 3.54. The third-order valence-electron chi connectivity index (χ3n) is 3.23. The molecule has 0 amide bonds. The predicted octanol–water partition coefficient (Wildman–Crippen LogP) is 1.64. The van der Waals surface area contributed by atoms with Gasteiger partial charge in [-0.15, -0.1) is 11.3 Å². The summed E-state index contributed by atoms with van der Waals surface area (Å²) in [6, 6.07) is 2.68. The quantitative estimate of drug-likeness (QED) is 0.838. The number of thiophene rings is 1. The second-order valence-corrected chi connectivity index (χ2v) is 6.07. The summed E-state index contributed by atoms with van der Waals surface area (Å²) in [6.45, 7) is 1.40. The number of nitrogens with zero attached hydrogens (tertiary/aromatic N) is 1. The van der Waals surface area contributed by atoms with Gasteiger partial charge in [-0.05, 0) is 50.4 Å². The number of nitrogens with one attached hydrogen (secondary N) is 1. The van der Waals surface area contributed by atoms with Crippen molar-refractivity contribution in [2.45, 2.75) is 31.4 Å². The van der Waals surface area contributed by atoms with Crippen LogP contribution < -0.4 is 5.32 Å². The van der Waals surface area contributed by atoms with Gasteiger partial charge in [0, 0.05) is 24.0 Å². The molecule has 2 N–H and O–H groups in total. The maximum absolute atomic E-state index is 9.85. The molecule has 0 spiro atoms. The van der Waals surface area contributed by atoms with Gasteiger partial charge in [0.15, 0.2) is 0 Å². The van der Waals surface area contributed by atoms with Crippen LogP contribution in [0.15, 0.2) is 11.4 Å². The van der Waals surface area contributed by atoms with E-state index in [2.05, 4.69) is 16.8 Å². The van der Waals surface area contributed by atoms with E-state index in [4.69, 9.17) is 0 Å². The lowest BCUT2D eigenvalue weighted by atomic mass is 9.94. The van der Waals surface area contributed by atoms with E-state index in [1.165, 1.54) is 29.7 Å². The number of likely N-dealkylation sites (N-methyl/N-ethyl adjacent to an activating group) is 1. The minimum absolute atomic E-state index is 0.283. The molecule has 1 aromatic rings. The molecule has 1 aliphatic rings. The van der Waals surface area contributed by atoms with Gasteiger partial charge in [-0.2, -0.15) is 0 Å². The van der Waals surface area contributed by atoms with Crippen molar-refractivity contribution in [3.8, 4) is 0 Å². The van der Waals surface area contributed by atoms with Crippen molar-refractivity contribution < 1.29 is 5.11 Å². The fourth-order valence-electron chi connectivity index (χ4n) is 2.46. The maximum atomic E-state index is 9.85. The number of rotatable bonds is 5. The van der Waals surface area contributed by atoms with Crippen molar-refractivity contribution in [3.05, 3.63) is 21.9 Å². The highest BCUT2D eigenvalue weighted by molar-refractivity contribution is 7.10. The molecular weight excluding hydrogens is 232 g/mol. The van der Waals surface area contributed by atoms with E-state index in [0.717, 1.165) is 6.54 Å². The van der Waals surface area contributed by atoms with E-state index in [1.807, 2.05) is 30.3 Å². The largest absolute Gasteiger partial charge is 0.390 e. The molecule has 2 atom stereocenters. The Morgan fingerprint density at radius 3 is 3.18 bits per heavy atom. The van der Waals surface area contributed by atoms with Crippen LogP contribution in [0.5, 0.6) is 0 Å². The first-order valence-electron chi connectivity index (χ1n) is 6.29. The minimum Gasteiger partial charge on any atom is -0.390 e. The Hall–Kier alpha value is -0.420. The molecule has 0 saturated heterocycles. The van der Waals surface area contributed by atoms with Crippen LogP contribution in [0.4, 0.5) is 0 Å². The topological polar surface area (TPSA) is 35.5 Å². The molecule has 1 aromatic heterocycles. The Kier molecular flexibility index (Phi) is 4.56. The van der Waals surface area contributed by atoms with Gasteiger partial charge in [0.2, 0.25) is 0 Å². The second kappa shape index (κ2) is 5.96. The number of hydrogen-bond donors (Lipinski definition) is 2. The Bertz CT molecular complexity index is 351. The molecule has 0 fully saturated rings. The van der Waals surface area contributed by atoms with E-state index >= 15 is 0 Å². The number of hydrogen-bond acceptors (Lipinski definition) is 4. The van der Waals surface area contributed by atoms with E-state index in [1.54, 1.807) is 0 Å². The molecule has 0 saturated carbocycles. The number of aliphatic hydroxyl groups is 1. The lowest BCUT2D eigenvalue weighted by Crippen LogP contribution is -2.37. The highest BCUT2D eigenvalue weighted by Crippen LogP contribution is 2.33. The van der Waals surface area contributed by atoms with Gasteiger partial charge >= 0.3 is 0 Å². The monoisotopic (exact) mass is 254 g/mol. The van der Waals surface area contributed by atoms with E-state index in [-0.39, 0.29) is 6.10 Å². The predicted molar refractivity (Wildman–Crippen MR) is 72.6 cm³/mol. The van der Waals surface area contributed by atoms with Crippen molar-refractivity contribution in [2.75, 3.05) is 27.2 Å². The summed E-state index contributed by atoms with van der Waals surface area (Å²) in [7, 11) is 3.97. The summed E-state index contributed by atoms with van der Waals surface area (Å²) >= 11 is 1.86. The first-order valence-corrected chi connectivity index (χ1v) is 7.17. The second-order valence-electron chi connectivity index (χ2n) is 5.07. The molecule has 0 radical (unpaired) electrons. The molecule has 0 aliphatic heterocycles. The lowest BCUT2D eigenvalue weighted by molar-refractivity contribution is 0.130. The smallest absolute Gasteiger partial charge is 0.0791 e. The zero-order chi connectivity index (χ0) is 12.3. The summed E-state index contributed by atoms with van der Waals surface area (Å²) in [5, 5.41) is 15.5. The van der Waals surface area contributed by atoms with Crippen LogP contribution >= 0.6 is 11.3 Å². The van der Waals surface area contributed by atoms with Gasteiger partial charge in [-0.25, -0.2) is 0 Å². The first-order chi connectivity index (χ1) is 8.16. The van der Waals surface area contributed by atoms with Gasteiger partial charge in [-0.1, -0.05) is 0 Å². The summed E-state index contributed by atoms with van der Waals surface area (Å²) < 4.78 is 0. The van der Waals surface area contributed by atoms with E-state index in [9.17, 15) is 5.11 Å². The molecule has 1 aliphatic carbocycles. The molecule has 3 nitrogen and oxygen atoms in total. The summed E-state index contributed by atoms with van der Waals surface area (Å²) in [5.74, 6) is 0. The van der Waals surface area contributed by atoms with E-state index in [0.29, 0.717) is 12.6 Å². The average Bonchev–Trinajstić information content (AvgIpc) is 2.73. The standard InChI is InChI=1S/C13H22N2OS/c1-15(2)9-10(16)8-14-12-4-3-5-13-11(12)6-7-17-13/h6-7,10,12,14,16H,3-5,8-9H2,1-2H3. The Morgan fingerprint density at radius 2 is 2.41 bits per heavy atom. The van der Waals surface area contributed by atoms with Crippen LogP contribution in [0.2, 0.25) is 0 Å². The van der Waals surface area contributed by atoms with Gasteiger partial charge in [0.1, 0.15) is 0 Å². The van der Waals surface area contributed by atoms with Crippen molar-refractivity contribution >= 4 is 11.3 Å². The summed E-state index contributed by atoms with van der Waals surface area (Å²) in [6.07, 6.45) is 3.40. The van der Waals surface area contributed by atoms with Gasteiger partial charge < -0.3 is 15.3 Å². The first kappa shape index (κ1) is 13.0. The molecule has 0 aromatic carbocycles. The molecular formula is C13H22N2OS. The highest BCUT2D eigenvalue weighted by Gasteiger charge is 2.21. The van der Waals surface area contributed by atoms with Crippen molar-refractivity contribution in [1.29, 1.82) is 0 Å². The molecule has 2 rings (SSSR count). The maximum Gasteiger partial charge on any atom is 0.0791 e. The zero-order valence-corrected chi connectivity index (χ0v) is 11.5. The molecule has 4 heteroatoms.